The normalized spacial score (nSPS) is 10.2. The minimum atomic E-state index is -0.538. The Balaban J connectivity index is 2.22. The molecule has 0 aliphatic heterocycles. The summed E-state index contributed by atoms with van der Waals surface area (Å²) in [6.07, 6.45) is 0. The third-order valence-corrected chi connectivity index (χ3v) is 4.20. The van der Waals surface area contributed by atoms with Crippen LogP contribution in [0.15, 0.2) is 63.9 Å². The number of halogens is 1. The molecule has 0 amide bonds. The highest BCUT2D eigenvalue weighted by atomic mass is 79.9. The summed E-state index contributed by atoms with van der Waals surface area (Å²) in [5.41, 5.74) is 1.46. The largest absolute Gasteiger partial charge is 0.321 e. The number of nitro benzene ring substituents is 1. The van der Waals surface area contributed by atoms with Gasteiger partial charge in [0.2, 0.25) is 0 Å². The summed E-state index contributed by atoms with van der Waals surface area (Å²) in [5.74, 6) is 0. The van der Waals surface area contributed by atoms with Crippen LogP contribution in [0.25, 0.3) is 22.4 Å². The molecule has 2 aromatic carbocycles. The molecule has 0 fully saturated rings. The second-order valence-electron chi connectivity index (χ2n) is 5.23. The average Bonchev–Trinajstić information content (AvgIpc) is 2.62. The zero-order valence-corrected chi connectivity index (χ0v) is 14.3. The van der Waals surface area contributed by atoms with Gasteiger partial charge >= 0.3 is 0 Å². The van der Waals surface area contributed by atoms with E-state index in [9.17, 15) is 20.2 Å². The van der Waals surface area contributed by atoms with E-state index in [0.29, 0.717) is 22.4 Å². The smallest absolute Gasteiger partial charge is 0.270 e. The highest BCUT2D eigenvalue weighted by Crippen LogP contribution is 2.28. The van der Waals surface area contributed by atoms with Gasteiger partial charge in [0.05, 0.1) is 4.92 Å². The fourth-order valence-corrected chi connectivity index (χ4v) is 2.73. The number of pyridine rings is 1. The number of nitro groups is 1. The van der Waals surface area contributed by atoms with Crippen LogP contribution in [0, 0.1) is 21.4 Å². The Morgan fingerprint density at radius 1 is 1.08 bits per heavy atom. The zero-order valence-electron chi connectivity index (χ0n) is 12.7. The van der Waals surface area contributed by atoms with Crippen molar-refractivity contribution < 1.29 is 4.92 Å². The molecule has 1 aromatic heterocycles. The number of nitrogens with one attached hydrogen (secondary N) is 1. The molecule has 25 heavy (non-hydrogen) atoms. The number of non-ortho nitro benzene ring substituents is 1. The van der Waals surface area contributed by atoms with Crippen molar-refractivity contribution >= 4 is 21.6 Å². The van der Waals surface area contributed by atoms with Gasteiger partial charge in [0.1, 0.15) is 11.6 Å². The maximum absolute atomic E-state index is 12.3. The molecule has 3 aromatic rings. The van der Waals surface area contributed by atoms with Gasteiger partial charge in [-0.1, -0.05) is 40.2 Å². The van der Waals surface area contributed by atoms with Crippen LogP contribution in [0.3, 0.4) is 0 Å². The van der Waals surface area contributed by atoms with Crippen molar-refractivity contribution in [2.24, 2.45) is 0 Å². The van der Waals surface area contributed by atoms with Gasteiger partial charge in [0, 0.05) is 33.4 Å². The van der Waals surface area contributed by atoms with Gasteiger partial charge in [0.25, 0.3) is 11.2 Å². The van der Waals surface area contributed by atoms with Crippen LogP contribution < -0.4 is 5.56 Å². The van der Waals surface area contributed by atoms with Crippen LogP contribution >= 0.6 is 15.9 Å². The molecule has 0 bridgehead atoms. The summed E-state index contributed by atoms with van der Waals surface area (Å²) >= 11 is 3.34. The zero-order chi connectivity index (χ0) is 18.0. The third-order valence-electron chi connectivity index (χ3n) is 3.67. The third kappa shape index (κ3) is 3.34. The summed E-state index contributed by atoms with van der Waals surface area (Å²) < 4.78 is 0.874. The average molecular weight is 396 g/mol. The topological polar surface area (TPSA) is 99.8 Å². The molecule has 0 spiro atoms. The fourth-order valence-electron chi connectivity index (χ4n) is 2.47. The molecule has 1 heterocycles. The molecule has 0 saturated heterocycles. The maximum Gasteiger partial charge on any atom is 0.270 e. The number of aromatic amines is 1. The second-order valence-corrected chi connectivity index (χ2v) is 6.14. The number of benzene rings is 2. The lowest BCUT2D eigenvalue weighted by atomic mass is 9.99. The first-order chi connectivity index (χ1) is 12.0. The van der Waals surface area contributed by atoms with E-state index >= 15 is 0 Å². The maximum atomic E-state index is 12.3. The summed E-state index contributed by atoms with van der Waals surface area (Å²) in [4.78, 5) is 25.4. The minimum Gasteiger partial charge on any atom is -0.321 e. The second kappa shape index (κ2) is 6.71. The Hall–Kier alpha value is -3.24. The van der Waals surface area contributed by atoms with Crippen molar-refractivity contribution in [2.45, 2.75) is 0 Å². The summed E-state index contributed by atoms with van der Waals surface area (Å²) in [5, 5.41) is 20.3. The Bertz CT molecular complexity index is 1070. The molecule has 7 heteroatoms. The first-order valence-electron chi connectivity index (χ1n) is 7.18. The molecule has 6 nitrogen and oxygen atoms in total. The molecule has 0 unspecified atom stereocenters. The number of rotatable bonds is 3. The number of aromatic nitrogens is 1. The van der Waals surface area contributed by atoms with Crippen molar-refractivity contribution in [2.75, 3.05) is 0 Å². The van der Waals surface area contributed by atoms with Gasteiger partial charge in [-0.05, 0) is 23.8 Å². The highest BCUT2D eigenvalue weighted by Gasteiger charge is 2.14. The summed E-state index contributed by atoms with van der Waals surface area (Å²) in [7, 11) is 0. The van der Waals surface area contributed by atoms with Gasteiger partial charge in [-0.3, -0.25) is 14.9 Å². The standard InChI is InChI=1S/C18H10BrN3O3/c19-13-6-4-11(5-7-13)15-9-17(21-18(23)16(15)10-20)12-2-1-3-14(8-12)22(24)25/h1-9H,(H,21,23). The Morgan fingerprint density at radius 3 is 2.44 bits per heavy atom. The first-order valence-corrected chi connectivity index (χ1v) is 7.97. The molecule has 1 N–H and O–H groups in total. The molecule has 0 aliphatic carbocycles. The Labute approximate surface area is 150 Å². The van der Waals surface area contributed by atoms with Crippen molar-refractivity contribution in [1.29, 1.82) is 5.26 Å². The van der Waals surface area contributed by atoms with Crippen molar-refractivity contribution in [1.82, 2.24) is 4.98 Å². The monoisotopic (exact) mass is 395 g/mol. The molecule has 3 rings (SSSR count). The molecule has 0 radical (unpaired) electrons. The lowest BCUT2D eigenvalue weighted by molar-refractivity contribution is -0.384. The van der Waals surface area contributed by atoms with Gasteiger partial charge < -0.3 is 4.98 Å². The predicted molar refractivity (Wildman–Crippen MR) is 97.0 cm³/mol. The van der Waals surface area contributed by atoms with Crippen LogP contribution in [0.2, 0.25) is 0 Å². The minimum absolute atomic E-state index is 0.00324. The molecule has 0 saturated carbocycles. The first kappa shape index (κ1) is 16.6. The van der Waals surface area contributed by atoms with Gasteiger partial charge in [-0.2, -0.15) is 5.26 Å². The molecule has 0 atom stereocenters. The van der Waals surface area contributed by atoms with Gasteiger partial charge in [0.15, 0.2) is 0 Å². The Morgan fingerprint density at radius 2 is 1.80 bits per heavy atom. The van der Waals surface area contributed by atoms with Crippen molar-refractivity contribution in [3.8, 4) is 28.5 Å². The van der Waals surface area contributed by atoms with E-state index in [1.165, 1.54) is 12.1 Å². The highest BCUT2D eigenvalue weighted by molar-refractivity contribution is 9.10. The number of H-pyrrole nitrogens is 1. The summed E-state index contributed by atoms with van der Waals surface area (Å²) in [6, 6.07) is 16.7. The molecule has 0 aliphatic rings. The Kier molecular flexibility index (Phi) is 4.46. The van der Waals surface area contributed by atoms with Gasteiger partial charge in [-0.25, -0.2) is 0 Å². The molecule has 122 valence electrons. The summed E-state index contributed by atoms with van der Waals surface area (Å²) in [6.45, 7) is 0. The molecular formula is C18H10BrN3O3. The van der Waals surface area contributed by atoms with E-state index in [0.717, 1.165) is 4.47 Å². The van der Waals surface area contributed by atoms with E-state index in [-0.39, 0.29) is 11.3 Å². The molecular weight excluding hydrogens is 386 g/mol. The van der Waals surface area contributed by atoms with Gasteiger partial charge in [-0.15, -0.1) is 0 Å². The van der Waals surface area contributed by atoms with E-state index in [1.807, 2.05) is 18.2 Å². The van der Waals surface area contributed by atoms with Crippen LogP contribution in [-0.4, -0.2) is 9.91 Å². The van der Waals surface area contributed by atoms with Crippen LogP contribution in [0.1, 0.15) is 5.56 Å². The lowest BCUT2D eigenvalue weighted by Crippen LogP contribution is -2.12. The number of nitriles is 1. The number of hydrogen-bond acceptors (Lipinski definition) is 4. The predicted octanol–water partition coefficient (Wildman–Crippen LogP) is 4.25. The van der Waals surface area contributed by atoms with Crippen LogP contribution in [0.4, 0.5) is 5.69 Å². The lowest BCUT2D eigenvalue weighted by Gasteiger charge is -2.08. The fraction of sp³-hybridized carbons (Fsp3) is 0. The quantitative estimate of drug-likeness (QED) is 0.528. The van der Waals surface area contributed by atoms with E-state index in [4.69, 9.17) is 0 Å². The van der Waals surface area contributed by atoms with E-state index in [1.54, 1.807) is 30.3 Å². The SMILES string of the molecule is N#Cc1c(-c2ccc(Br)cc2)cc(-c2cccc([N+](=O)[O-])c2)[nH]c1=O. The van der Waals surface area contributed by atoms with E-state index < -0.39 is 10.5 Å². The van der Waals surface area contributed by atoms with Crippen molar-refractivity contribution in [3.63, 3.8) is 0 Å². The van der Waals surface area contributed by atoms with Crippen molar-refractivity contribution in [3.05, 3.63) is 85.1 Å². The number of nitrogens with zero attached hydrogens (tertiary/aromatic N) is 2. The number of hydrogen-bond donors (Lipinski definition) is 1. The van der Waals surface area contributed by atoms with Crippen LogP contribution in [-0.2, 0) is 0 Å². The van der Waals surface area contributed by atoms with Crippen LogP contribution in [0.5, 0.6) is 0 Å². The van der Waals surface area contributed by atoms with E-state index in [2.05, 4.69) is 20.9 Å².